The summed E-state index contributed by atoms with van der Waals surface area (Å²) in [5.74, 6) is -0.722. The molecule has 0 saturated carbocycles. The number of fused-ring (bicyclic) bond motifs is 1. The first-order valence-corrected chi connectivity index (χ1v) is 8.15. The van der Waals surface area contributed by atoms with Gasteiger partial charge in [0.15, 0.2) is 5.96 Å². The Morgan fingerprint density at radius 2 is 1.74 bits per heavy atom. The number of rotatable bonds is 2. The van der Waals surface area contributed by atoms with Crippen LogP contribution < -0.4 is 11.5 Å². The number of amides is 1. The smallest absolute Gasteiger partial charge is 0.290 e. The first-order valence-electron chi connectivity index (χ1n) is 6.58. The van der Waals surface area contributed by atoms with Crippen molar-refractivity contribution in [2.24, 2.45) is 16.5 Å². The van der Waals surface area contributed by atoms with Crippen LogP contribution in [0.2, 0.25) is 10.0 Å². The fourth-order valence-electron chi connectivity index (χ4n) is 2.29. The highest BCUT2D eigenvalue weighted by atomic mass is 35.5. The van der Waals surface area contributed by atoms with Crippen molar-refractivity contribution in [2.75, 3.05) is 0 Å². The number of aliphatic imine (C=N–C) groups is 1. The zero-order chi connectivity index (χ0) is 16.6. The van der Waals surface area contributed by atoms with E-state index in [0.717, 1.165) is 21.2 Å². The third-order valence-corrected chi connectivity index (χ3v) is 5.15. The fourth-order valence-corrected chi connectivity index (χ4v) is 3.66. The van der Waals surface area contributed by atoms with Gasteiger partial charge < -0.3 is 11.5 Å². The Morgan fingerprint density at radius 1 is 1.04 bits per heavy atom. The van der Waals surface area contributed by atoms with Crippen molar-refractivity contribution in [3.8, 4) is 11.1 Å². The van der Waals surface area contributed by atoms with E-state index in [2.05, 4.69) is 4.99 Å². The summed E-state index contributed by atoms with van der Waals surface area (Å²) in [6.45, 7) is 0. The summed E-state index contributed by atoms with van der Waals surface area (Å²) in [5, 5.41) is 1.86. The van der Waals surface area contributed by atoms with Crippen molar-refractivity contribution < 1.29 is 4.79 Å². The Morgan fingerprint density at radius 3 is 2.48 bits per heavy atom. The number of nitrogens with zero attached hydrogens (tertiary/aromatic N) is 1. The molecule has 4 nitrogen and oxygen atoms in total. The normalized spacial score (nSPS) is 10.7. The van der Waals surface area contributed by atoms with Crippen LogP contribution in [0.3, 0.4) is 0 Å². The molecule has 23 heavy (non-hydrogen) atoms. The van der Waals surface area contributed by atoms with Crippen molar-refractivity contribution in [1.29, 1.82) is 0 Å². The molecule has 1 amide bonds. The first-order chi connectivity index (χ1) is 11.0. The van der Waals surface area contributed by atoms with E-state index >= 15 is 0 Å². The number of benzene rings is 2. The molecule has 0 saturated heterocycles. The number of carbonyl (C=O) groups excluding carboxylic acids is 1. The van der Waals surface area contributed by atoms with Crippen LogP contribution in [0.1, 0.15) is 9.67 Å². The molecule has 2 aromatic carbocycles. The lowest BCUT2D eigenvalue weighted by molar-refractivity contribution is 0.101. The largest absolute Gasteiger partial charge is 0.370 e. The van der Waals surface area contributed by atoms with Crippen LogP contribution >= 0.6 is 34.5 Å². The van der Waals surface area contributed by atoms with Crippen LogP contribution in [-0.2, 0) is 0 Å². The van der Waals surface area contributed by atoms with Gasteiger partial charge in [-0.05, 0) is 23.8 Å². The second-order valence-electron chi connectivity index (χ2n) is 4.77. The van der Waals surface area contributed by atoms with Crippen LogP contribution in [-0.4, -0.2) is 11.9 Å². The minimum Gasteiger partial charge on any atom is -0.370 e. The zero-order valence-corrected chi connectivity index (χ0v) is 14.0. The lowest BCUT2D eigenvalue weighted by Gasteiger charge is -2.07. The Balaban J connectivity index is 2.20. The Hall–Kier alpha value is -2.08. The SMILES string of the molecule is NC(N)=NC(=O)c1cc2c(-c3cccc(Cl)c3Cl)cccc2s1. The quantitative estimate of drug-likeness (QED) is 0.526. The van der Waals surface area contributed by atoms with E-state index in [1.54, 1.807) is 12.1 Å². The lowest BCUT2D eigenvalue weighted by atomic mass is 10.0. The summed E-state index contributed by atoms with van der Waals surface area (Å²) in [6, 6.07) is 13.0. The first kappa shape index (κ1) is 15.8. The van der Waals surface area contributed by atoms with Crippen molar-refractivity contribution in [3.63, 3.8) is 0 Å². The summed E-state index contributed by atoms with van der Waals surface area (Å²) in [4.78, 5) is 16.0. The molecule has 0 bridgehead atoms. The highest BCUT2D eigenvalue weighted by Gasteiger charge is 2.15. The molecule has 0 atom stereocenters. The van der Waals surface area contributed by atoms with Crippen molar-refractivity contribution in [3.05, 3.63) is 57.4 Å². The maximum atomic E-state index is 12.0. The molecule has 0 aliphatic heterocycles. The maximum absolute atomic E-state index is 12.0. The van der Waals surface area contributed by atoms with Gasteiger partial charge in [0.05, 0.1) is 14.9 Å². The van der Waals surface area contributed by atoms with Crippen molar-refractivity contribution >= 4 is 56.5 Å². The molecule has 1 aromatic heterocycles. The van der Waals surface area contributed by atoms with Crippen LogP contribution in [0.5, 0.6) is 0 Å². The van der Waals surface area contributed by atoms with Gasteiger partial charge in [-0.25, -0.2) is 0 Å². The minimum atomic E-state index is -0.464. The van der Waals surface area contributed by atoms with E-state index < -0.39 is 5.91 Å². The Labute approximate surface area is 146 Å². The van der Waals surface area contributed by atoms with E-state index in [-0.39, 0.29) is 5.96 Å². The standard InChI is InChI=1S/C16H11Cl2N3OS/c17-11-5-1-4-9(14(11)18)8-3-2-6-12-10(8)7-13(23-12)15(22)21-16(19)20/h1-7H,(H4,19,20,21,22). The third-order valence-electron chi connectivity index (χ3n) is 3.24. The fraction of sp³-hybridized carbons (Fsp3) is 0. The number of nitrogens with two attached hydrogens (primary N) is 2. The van der Waals surface area contributed by atoms with Gasteiger partial charge in [0, 0.05) is 15.6 Å². The minimum absolute atomic E-state index is 0.259. The predicted molar refractivity (Wildman–Crippen MR) is 97.4 cm³/mol. The summed E-state index contributed by atoms with van der Waals surface area (Å²) in [7, 11) is 0. The average molecular weight is 364 g/mol. The third kappa shape index (κ3) is 3.03. The molecule has 0 aliphatic carbocycles. The van der Waals surface area contributed by atoms with Crippen molar-refractivity contribution in [2.45, 2.75) is 0 Å². The molecule has 7 heteroatoms. The summed E-state index contributed by atoms with van der Waals surface area (Å²) < 4.78 is 0.938. The molecule has 0 fully saturated rings. The highest BCUT2D eigenvalue weighted by Crippen LogP contribution is 2.39. The van der Waals surface area contributed by atoms with Crippen LogP contribution in [0, 0.1) is 0 Å². The number of halogens is 2. The van der Waals surface area contributed by atoms with E-state index in [0.29, 0.717) is 14.9 Å². The summed E-state index contributed by atoms with van der Waals surface area (Å²) >= 11 is 13.7. The molecule has 3 rings (SSSR count). The number of hydrogen-bond acceptors (Lipinski definition) is 2. The van der Waals surface area contributed by atoms with E-state index in [4.69, 9.17) is 34.7 Å². The monoisotopic (exact) mass is 363 g/mol. The van der Waals surface area contributed by atoms with E-state index in [1.807, 2.05) is 30.3 Å². The van der Waals surface area contributed by atoms with Crippen LogP contribution in [0.4, 0.5) is 0 Å². The van der Waals surface area contributed by atoms with Gasteiger partial charge in [-0.1, -0.05) is 47.5 Å². The number of hydrogen-bond donors (Lipinski definition) is 2. The van der Waals surface area contributed by atoms with Crippen molar-refractivity contribution in [1.82, 2.24) is 0 Å². The molecule has 0 radical (unpaired) electrons. The highest BCUT2D eigenvalue weighted by molar-refractivity contribution is 7.20. The number of guanidine groups is 1. The number of thiophene rings is 1. The predicted octanol–water partition coefficient (Wildman–Crippen LogP) is 4.29. The van der Waals surface area contributed by atoms with Gasteiger partial charge in [0.1, 0.15) is 0 Å². The lowest BCUT2D eigenvalue weighted by Crippen LogP contribution is -2.24. The molecule has 4 N–H and O–H groups in total. The van der Waals surface area contributed by atoms with Crippen LogP contribution in [0.15, 0.2) is 47.5 Å². The van der Waals surface area contributed by atoms with E-state index in [1.165, 1.54) is 11.3 Å². The summed E-state index contributed by atoms with van der Waals surface area (Å²) in [5.41, 5.74) is 12.2. The van der Waals surface area contributed by atoms with Crippen LogP contribution in [0.25, 0.3) is 21.2 Å². The molecule has 0 aliphatic rings. The average Bonchev–Trinajstić information content (AvgIpc) is 2.94. The molecule has 116 valence electrons. The summed E-state index contributed by atoms with van der Waals surface area (Å²) in [6.07, 6.45) is 0. The molecule has 0 spiro atoms. The molecular formula is C16H11Cl2N3OS. The topological polar surface area (TPSA) is 81.5 Å². The Bertz CT molecular complexity index is 946. The van der Waals surface area contributed by atoms with Gasteiger partial charge in [0.2, 0.25) is 0 Å². The van der Waals surface area contributed by atoms with Gasteiger partial charge in [-0.3, -0.25) is 4.79 Å². The molecule has 0 unspecified atom stereocenters. The molecule has 1 heterocycles. The van der Waals surface area contributed by atoms with Gasteiger partial charge in [-0.2, -0.15) is 4.99 Å². The second-order valence-corrected chi connectivity index (χ2v) is 6.64. The van der Waals surface area contributed by atoms with E-state index in [9.17, 15) is 4.79 Å². The van der Waals surface area contributed by atoms with Gasteiger partial charge in [0.25, 0.3) is 5.91 Å². The van der Waals surface area contributed by atoms with Gasteiger partial charge >= 0.3 is 0 Å². The zero-order valence-electron chi connectivity index (χ0n) is 11.7. The van der Waals surface area contributed by atoms with Gasteiger partial charge in [-0.15, -0.1) is 11.3 Å². The number of carbonyl (C=O) groups is 1. The maximum Gasteiger partial charge on any atom is 0.290 e. The second kappa shape index (κ2) is 6.20. The Kier molecular flexibility index (Phi) is 4.26. The molecular weight excluding hydrogens is 353 g/mol. The molecule has 3 aromatic rings.